The van der Waals surface area contributed by atoms with E-state index in [0.29, 0.717) is 13.0 Å². The zero-order valence-corrected chi connectivity index (χ0v) is 14.1. The van der Waals surface area contributed by atoms with Crippen LogP contribution < -0.4 is 0 Å². The molecule has 22 heavy (non-hydrogen) atoms. The van der Waals surface area contributed by atoms with E-state index >= 15 is 0 Å². The summed E-state index contributed by atoms with van der Waals surface area (Å²) in [4.78, 5) is 13.6. The maximum absolute atomic E-state index is 12.1. The number of nitrogens with zero attached hydrogens (tertiary/aromatic N) is 1. The summed E-state index contributed by atoms with van der Waals surface area (Å²) in [6.07, 6.45) is -0.0559. The number of hydrogen-bond acceptors (Lipinski definition) is 6. The van der Waals surface area contributed by atoms with Gasteiger partial charge >= 0.3 is 6.09 Å². The highest BCUT2D eigenvalue weighted by Gasteiger charge is 2.59. The quantitative estimate of drug-likeness (QED) is 0.745. The predicted molar refractivity (Wildman–Crippen MR) is 80.2 cm³/mol. The van der Waals surface area contributed by atoms with Gasteiger partial charge in [0.1, 0.15) is 5.60 Å². The molecule has 2 rings (SSSR count). The van der Waals surface area contributed by atoms with Crippen LogP contribution in [0.3, 0.4) is 0 Å². The van der Waals surface area contributed by atoms with E-state index < -0.39 is 32.5 Å². The topological polar surface area (TPSA) is 104 Å². The monoisotopic (exact) mass is 335 g/mol. The molecular weight excluding hydrogens is 310 g/mol. The number of aliphatic hydroxyl groups excluding tert-OH is 1. The summed E-state index contributed by atoms with van der Waals surface area (Å²) in [5.41, 5.74) is -3.13. The first-order valence-corrected chi connectivity index (χ1v) is 9.26. The summed E-state index contributed by atoms with van der Waals surface area (Å²) in [5, 5.41) is 20.6. The fourth-order valence-electron chi connectivity index (χ4n) is 3.26. The van der Waals surface area contributed by atoms with Gasteiger partial charge in [0.2, 0.25) is 0 Å². The van der Waals surface area contributed by atoms with E-state index in [1.165, 1.54) is 4.90 Å². The van der Waals surface area contributed by atoms with Crippen LogP contribution >= 0.6 is 0 Å². The van der Waals surface area contributed by atoms with Gasteiger partial charge in [-0.25, -0.2) is 13.2 Å². The zero-order valence-electron chi connectivity index (χ0n) is 13.3. The van der Waals surface area contributed by atoms with Crippen LogP contribution in [0.2, 0.25) is 0 Å². The van der Waals surface area contributed by atoms with E-state index in [2.05, 4.69) is 0 Å². The van der Waals surface area contributed by atoms with Crippen molar-refractivity contribution in [3.8, 4) is 0 Å². The summed E-state index contributed by atoms with van der Waals surface area (Å²) < 4.78 is 28.7. The summed E-state index contributed by atoms with van der Waals surface area (Å²) in [6, 6.07) is 0. The van der Waals surface area contributed by atoms with Crippen LogP contribution in [-0.2, 0) is 14.6 Å². The van der Waals surface area contributed by atoms with Crippen molar-refractivity contribution in [3.05, 3.63) is 0 Å². The molecule has 2 fully saturated rings. The van der Waals surface area contributed by atoms with Crippen LogP contribution in [-0.4, -0.2) is 72.0 Å². The molecule has 1 amide bonds. The number of carbonyl (C=O) groups is 1. The lowest BCUT2D eigenvalue weighted by Gasteiger charge is -2.40. The highest BCUT2D eigenvalue weighted by atomic mass is 32.2. The lowest BCUT2D eigenvalue weighted by atomic mass is 9.71. The van der Waals surface area contributed by atoms with Gasteiger partial charge in [-0.2, -0.15) is 0 Å². The standard InChI is InChI=1S/C14H25NO6S/c1-12(2,3)21-11(17)15-6-4-13(8-15,9-16)14(18)5-7-22(19,20)10-14/h16,18H,4-10H2,1-3H3. The minimum atomic E-state index is -3.30. The van der Waals surface area contributed by atoms with E-state index in [0.717, 1.165) is 0 Å². The number of carbonyl (C=O) groups excluding carboxylic acids is 1. The number of aliphatic hydroxyl groups is 2. The van der Waals surface area contributed by atoms with E-state index in [4.69, 9.17) is 4.74 Å². The van der Waals surface area contributed by atoms with Gasteiger partial charge in [-0.15, -0.1) is 0 Å². The molecule has 7 nitrogen and oxygen atoms in total. The third kappa shape index (κ3) is 3.23. The summed E-state index contributed by atoms with van der Waals surface area (Å²) in [5.74, 6) is -0.444. The zero-order chi connectivity index (χ0) is 16.8. The van der Waals surface area contributed by atoms with E-state index in [1.807, 2.05) is 0 Å². The Morgan fingerprint density at radius 3 is 2.41 bits per heavy atom. The van der Waals surface area contributed by atoms with Gasteiger partial charge in [0, 0.05) is 18.5 Å². The Balaban J connectivity index is 2.16. The van der Waals surface area contributed by atoms with Gasteiger partial charge in [-0.05, 0) is 33.6 Å². The lowest BCUT2D eigenvalue weighted by Crippen LogP contribution is -2.53. The van der Waals surface area contributed by atoms with Gasteiger partial charge in [0.25, 0.3) is 0 Å². The number of hydrogen-bond donors (Lipinski definition) is 2. The number of ether oxygens (including phenoxy) is 1. The Bertz CT molecular complexity index is 554. The SMILES string of the molecule is CC(C)(C)OC(=O)N1CCC(CO)(C2(O)CCS(=O)(=O)C2)C1. The first kappa shape index (κ1) is 17.5. The van der Waals surface area contributed by atoms with Gasteiger partial charge < -0.3 is 19.8 Å². The molecule has 128 valence electrons. The molecule has 2 aliphatic rings. The van der Waals surface area contributed by atoms with Crippen molar-refractivity contribution >= 4 is 15.9 Å². The number of amides is 1. The Morgan fingerprint density at radius 1 is 1.32 bits per heavy atom. The minimum absolute atomic E-state index is 0.0856. The molecule has 2 saturated heterocycles. The van der Waals surface area contributed by atoms with Crippen LogP contribution in [0.25, 0.3) is 0 Å². The molecule has 8 heteroatoms. The maximum Gasteiger partial charge on any atom is 0.410 e. The molecule has 2 heterocycles. The van der Waals surface area contributed by atoms with Crippen molar-refractivity contribution in [2.45, 2.75) is 44.8 Å². The van der Waals surface area contributed by atoms with Crippen molar-refractivity contribution in [1.82, 2.24) is 4.90 Å². The minimum Gasteiger partial charge on any atom is -0.444 e. The summed E-state index contributed by atoms with van der Waals surface area (Å²) in [6.45, 7) is 5.35. The van der Waals surface area contributed by atoms with Crippen LogP contribution in [0.1, 0.15) is 33.6 Å². The third-order valence-corrected chi connectivity index (χ3v) is 6.32. The van der Waals surface area contributed by atoms with E-state index in [1.54, 1.807) is 20.8 Å². The summed E-state index contributed by atoms with van der Waals surface area (Å²) >= 11 is 0. The Labute approximate surface area is 131 Å². The molecule has 0 aliphatic carbocycles. The van der Waals surface area contributed by atoms with Crippen molar-refractivity contribution in [1.29, 1.82) is 0 Å². The molecular formula is C14H25NO6S. The highest BCUT2D eigenvalue weighted by molar-refractivity contribution is 7.91. The second kappa shape index (κ2) is 5.35. The molecule has 0 aromatic carbocycles. The van der Waals surface area contributed by atoms with Gasteiger partial charge in [-0.1, -0.05) is 0 Å². The second-order valence-corrected chi connectivity index (χ2v) is 9.65. The van der Waals surface area contributed by atoms with E-state index in [-0.39, 0.29) is 31.1 Å². The first-order valence-electron chi connectivity index (χ1n) is 7.44. The predicted octanol–water partition coefficient (Wildman–Crippen LogP) is 0.156. The van der Waals surface area contributed by atoms with Crippen LogP contribution in [0.5, 0.6) is 0 Å². The first-order chi connectivity index (χ1) is 9.92. The molecule has 2 atom stereocenters. The Hall–Kier alpha value is -0.860. The fourth-order valence-corrected chi connectivity index (χ4v) is 5.23. The highest BCUT2D eigenvalue weighted by Crippen LogP contribution is 2.46. The van der Waals surface area contributed by atoms with Crippen molar-refractivity contribution in [2.75, 3.05) is 31.2 Å². The second-order valence-electron chi connectivity index (χ2n) is 7.46. The maximum atomic E-state index is 12.1. The van der Waals surface area contributed by atoms with Crippen LogP contribution in [0.15, 0.2) is 0 Å². The molecule has 0 aromatic rings. The smallest absolute Gasteiger partial charge is 0.410 e. The molecule has 0 spiro atoms. The molecule has 0 bridgehead atoms. The summed E-state index contributed by atoms with van der Waals surface area (Å²) in [7, 11) is -3.30. The Kier molecular flexibility index (Phi) is 4.25. The molecule has 0 aromatic heterocycles. The molecule has 2 unspecified atom stereocenters. The fraction of sp³-hybridized carbons (Fsp3) is 0.929. The average molecular weight is 335 g/mol. The average Bonchev–Trinajstić information content (AvgIpc) is 2.91. The molecule has 0 radical (unpaired) electrons. The third-order valence-electron chi connectivity index (χ3n) is 4.58. The number of sulfone groups is 1. The van der Waals surface area contributed by atoms with E-state index in [9.17, 15) is 23.4 Å². The largest absolute Gasteiger partial charge is 0.444 e. The number of likely N-dealkylation sites (tertiary alicyclic amines) is 1. The van der Waals surface area contributed by atoms with Crippen molar-refractivity contribution < 1.29 is 28.2 Å². The van der Waals surface area contributed by atoms with Crippen LogP contribution in [0, 0.1) is 5.41 Å². The van der Waals surface area contributed by atoms with Crippen molar-refractivity contribution in [2.24, 2.45) is 5.41 Å². The van der Waals surface area contributed by atoms with Gasteiger partial charge in [0.15, 0.2) is 9.84 Å². The van der Waals surface area contributed by atoms with Crippen LogP contribution in [0.4, 0.5) is 4.79 Å². The van der Waals surface area contributed by atoms with Gasteiger partial charge in [0.05, 0.1) is 23.7 Å². The normalized spacial score (nSPS) is 34.9. The number of rotatable bonds is 2. The Morgan fingerprint density at radius 2 is 1.95 bits per heavy atom. The van der Waals surface area contributed by atoms with Gasteiger partial charge in [-0.3, -0.25) is 0 Å². The lowest BCUT2D eigenvalue weighted by molar-refractivity contribution is -0.0852. The molecule has 2 N–H and O–H groups in total. The van der Waals surface area contributed by atoms with Crippen molar-refractivity contribution in [3.63, 3.8) is 0 Å². The molecule has 0 saturated carbocycles. The molecule has 2 aliphatic heterocycles.